The zero-order valence-electron chi connectivity index (χ0n) is 16.8. The number of nitrogens with zero attached hydrogens (tertiary/aromatic N) is 1. The van der Waals surface area contributed by atoms with Crippen molar-refractivity contribution in [3.63, 3.8) is 0 Å². The zero-order chi connectivity index (χ0) is 22.0. The van der Waals surface area contributed by atoms with Crippen LogP contribution < -0.4 is 10.1 Å². The minimum Gasteiger partial charge on any atom is -0.495 e. The summed E-state index contributed by atoms with van der Waals surface area (Å²) in [4.78, 5) is 17.3. The molecule has 1 amide bonds. The highest BCUT2D eigenvalue weighted by Crippen LogP contribution is 2.34. The number of benzene rings is 3. The second-order valence-corrected chi connectivity index (χ2v) is 8.72. The van der Waals surface area contributed by atoms with E-state index < -0.39 is 0 Å². The van der Waals surface area contributed by atoms with Crippen LogP contribution in [0.4, 0.5) is 5.69 Å². The van der Waals surface area contributed by atoms with E-state index in [4.69, 9.17) is 32.9 Å². The lowest BCUT2D eigenvalue weighted by Gasteiger charge is -2.09. The molecule has 0 atom stereocenters. The van der Waals surface area contributed by atoms with E-state index in [-0.39, 0.29) is 5.91 Å². The van der Waals surface area contributed by atoms with Gasteiger partial charge >= 0.3 is 0 Å². The van der Waals surface area contributed by atoms with E-state index in [1.165, 1.54) is 13.2 Å². The van der Waals surface area contributed by atoms with E-state index in [0.29, 0.717) is 21.4 Å². The molecule has 0 spiro atoms. The number of nitrogens with one attached hydrogen (secondary N) is 1. The van der Waals surface area contributed by atoms with Crippen LogP contribution in [0.3, 0.4) is 0 Å². The summed E-state index contributed by atoms with van der Waals surface area (Å²) in [6.45, 7) is 1.95. The molecule has 156 valence electrons. The molecule has 0 saturated carbocycles. The van der Waals surface area contributed by atoms with E-state index >= 15 is 0 Å². The first kappa shape index (κ1) is 21.4. The number of hydrogen-bond donors (Lipinski definition) is 1. The standard InChI is InChI=1S/C24H18Cl2N2O2S/c1-14-7-8-16(24-28-19-5-3-4-6-21(19)31-24)12-20(14)27-22(29)10-9-15-11-17(25)13-18(26)23(15)30-2/h3-13H,1-2H3,(H,27,29)/b10-9+. The monoisotopic (exact) mass is 468 g/mol. The maximum atomic E-state index is 12.6. The number of rotatable bonds is 5. The Morgan fingerprint density at radius 2 is 1.94 bits per heavy atom. The van der Waals surface area contributed by atoms with E-state index in [1.54, 1.807) is 29.5 Å². The zero-order valence-corrected chi connectivity index (χ0v) is 19.1. The number of para-hydroxylation sites is 1. The summed E-state index contributed by atoms with van der Waals surface area (Å²) in [7, 11) is 1.52. The van der Waals surface area contributed by atoms with Crippen LogP contribution in [-0.4, -0.2) is 18.0 Å². The minimum atomic E-state index is -0.275. The van der Waals surface area contributed by atoms with Crippen molar-refractivity contribution in [3.05, 3.63) is 81.8 Å². The number of aryl methyl sites for hydroxylation is 1. The Morgan fingerprint density at radius 3 is 2.71 bits per heavy atom. The Kier molecular flexibility index (Phi) is 6.28. The average Bonchev–Trinajstić information content (AvgIpc) is 3.18. The van der Waals surface area contributed by atoms with Gasteiger partial charge in [-0.25, -0.2) is 4.98 Å². The number of methoxy groups -OCH3 is 1. The van der Waals surface area contributed by atoms with E-state index in [2.05, 4.69) is 11.4 Å². The van der Waals surface area contributed by atoms with Crippen LogP contribution in [0.2, 0.25) is 10.0 Å². The Balaban J connectivity index is 1.57. The van der Waals surface area contributed by atoms with E-state index in [9.17, 15) is 4.79 Å². The van der Waals surface area contributed by atoms with Gasteiger partial charge in [0.05, 0.1) is 22.3 Å². The first-order valence-corrected chi connectivity index (χ1v) is 11.0. The number of carbonyl (C=O) groups excluding carboxylic acids is 1. The second-order valence-electron chi connectivity index (χ2n) is 6.85. The minimum absolute atomic E-state index is 0.275. The number of thiazole rings is 1. The normalized spacial score (nSPS) is 11.2. The van der Waals surface area contributed by atoms with Gasteiger partial charge in [0.15, 0.2) is 0 Å². The van der Waals surface area contributed by atoms with Crippen LogP contribution in [0.25, 0.3) is 26.9 Å². The Labute approximate surface area is 194 Å². The quantitative estimate of drug-likeness (QED) is 0.314. The summed E-state index contributed by atoms with van der Waals surface area (Å²) >= 11 is 13.8. The van der Waals surface area contributed by atoms with Crippen LogP contribution >= 0.6 is 34.5 Å². The van der Waals surface area contributed by atoms with Crippen molar-refractivity contribution >= 4 is 62.4 Å². The highest BCUT2D eigenvalue weighted by atomic mass is 35.5. The molecule has 4 rings (SSSR count). The predicted octanol–water partition coefficient (Wildman–Crippen LogP) is 7.24. The molecule has 31 heavy (non-hydrogen) atoms. The summed E-state index contributed by atoms with van der Waals surface area (Å²) in [6.07, 6.45) is 3.05. The van der Waals surface area contributed by atoms with Gasteiger partial charge in [0.1, 0.15) is 10.8 Å². The maximum absolute atomic E-state index is 12.6. The molecule has 1 N–H and O–H groups in total. The van der Waals surface area contributed by atoms with Crippen molar-refractivity contribution in [1.29, 1.82) is 0 Å². The number of halogens is 2. The summed E-state index contributed by atoms with van der Waals surface area (Å²) < 4.78 is 6.44. The first-order valence-electron chi connectivity index (χ1n) is 9.43. The fourth-order valence-electron chi connectivity index (χ4n) is 3.14. The molecule has 0 unspecified atom stereocenters. The first-order chi connectivity index (χ1) is 14.9. The molecule has 0 aliphatic carbocycles. The number of aromatic nitrogens is 1. The van der Waals surface area contributed by atoms with Crippen LogP contribution in [0.15, 0.2) is 60.7 Å². The molecule has 0 bridgehead atoms. The van der Waals surface area contributed by atoms with E-state index in [1.807, 2.05) is 43.3 Å². The third-order valence-corrected chi connectivity index (χ3v) is 6.28. The van der Waals surface area contributed by atoms with Crippen LogP contribution in [-0.2, 0) is 4.79 Å². The van der Waals surface area contributed by atoms with Gasteiger partial charge in [-0.15, -0.1) is 11.3 Å². The van der Waals surface area contributed by atoms with Crippen molar-refractivity contribution < 1.29 is 9.53 Å². The lowest BCUT2D eigenvalue weighted by molar-refractivity contribution is -0.111. The highest BCUT2D eigenvalue weighted by Gasteiger charge is 2.11. The molecule has 4 nitrogen and oxygen atoms in total. The largest absolute Gasteiger partial charge is 0.495 e. The highest BCUT2D eigenvalue weighted by molar-refractivity contribution is 7.21. The Bertz CT molecular complexity index is 1280. The van der Waals surface area contributed by atoms with Crippen molar-refractivity contribution in [2.24, 2.45) is 0 Å². The number of hydrogen-bond acceptors (Lipinski definition) is 4. The van der Waals surface area contributed by atoms with Crippen molar-refractivity contribution in [3.8, 4) is 16.3 Å². The molecule has 7 heteroatoms. The molecule has 0 saturated heterocycles. The van der Waals surface area contributed by atoms with Gasteiger partial charge in [0, 0.05) is 27.9 Å². The summed E-state index contributed by atoms with van der Waals surface area (Å²) in [5.41, 5.74) is 4.22. The van der Waals surface area contributed by atoms with Crippen LogP contribution in [0.5, 0.6) is 5.75 Å². The Morgan fingerprint density at radius 1 is 1.13 bits per heavy atom. The van der Waals surface area contributed by atoms with Gasteiger partial charge in [-0.3, -0.25) is 4.79 Å². The second kappa shape index (κ2) is 9.10. The lowest BCUT2D eigenvalue weighted by atomic mass is 10.1. The molecule has 4 aromatic rings. The van der Waals surface area contributed by atoms with Gasteiger partial charge in [0.25, 0.3) is 0 Å². The van der Waals surface area contributed by atoms with Crippen molar-refractivity contribution in [2.45, 2.75) is 6.92 Å². The van der Waals surface area contributed by atoms with Crippen LogP contribution in [0.1, 0.15) is 11.1 Å². The van der Waals surface area contributed by atoms with Crippen LogP contribution in [0, 0.1) is 6.92 Å². The summed E-state index contributed by atoms with van der Waals surface area (Å²) in [5.74, 6) is 0.187. The van der Waals surface area contributed by atoms with Gasteiger partial charge in [-0.2, -0.15) is 0 Å². The molecule has 1 aromatic heterocycles. The summed E-state index contributed by atoms with van der Waals surface area (Å²) in [6, 6.07) is 17.2. The van der Waals surface area contributed by atoms with Gasteiger partial charge in [0.2, 0.25) is 5.91 Å². The van der Waals surface area contributed by atoms with Crippen molar-refractivity contribution in [2.75, 3.05) is 12.4 Å². The Hall–Kier alpha value is -2.86. The lowest BCUT2D eigenvalue weighted by Crippen LogP contribution is -2.09. The number of ether oxygens (including phenoxy) is 1. The average molecular weight is 469 g/mol. The molecule has 0 aliphatic heterocycles. The van der Waals surface area contributed by atoms with E-state index in [0.717, 1.165) is 32.0 Å². The number of anilines is 1. The smallest absolute Gasteiger partial charge is 0.248 e. The number of fused-ring (bicyclic) bond motifs is 1. The molecular weight excluding hydrogens is 451 g/mol. The molecule has 0 fully saturated rings. The fraction of sp³-hybridized carbons (Fsp3) is 0.0833. The maximum Gasteiger partial charge on any atom is 0.248 e. The predicted molar refractivity (Wildman–Crippen MR) is 130 cm³/mol. The number of amides is 1. The van der Waals surface area contributed by atoms with Gasteiger partial charge < -0.3 is 10.1 Å². The van der Waals surface area contributed by atoms with Crippen molar-refractivity contribution in [1.82, 2.24) is 4.98 Å². The number of carbonyl (C=O) groups is 1. The SMILES string of the molecule is COc1c(Cl)cc(Cl)cc1/C=C/C(=O)Nc1cc(-c2nc3ccccc3s2)ccc1C. The van der Waals surface area contributed by atoms with Gasteiger partial charge in [-0.1, -0.05) is 47.5 Å². The third-order valence-electron chi connectivity index (χ3n) is 4.69. The molecular formula is C24H18Cl2N2O2S. The molecule has 3 aromatic carbocycles. The third kappa shape index (κ3) is 4.74. The fourth-order valence-corrected chi connectivity index (χ4v) is 4.69. The molecule has 0 radical (unpaired) electrons. The van der Waals surface area contributed by atoms with Gasteiger partial charge in [-0.05, 0) is 48.9 Å². The topological polar surface area (TPSA) is 51.2 Å². The molecule has 0 aliphatic rings. The molecule has 1 heterocycles. The summed E-state index contributed by atoms with van der Waals surface area (Å²) in [5, 5.41) is 4.69.